The van der Waals surface area contributed by atoms with Crippen molar-refractivity contribution >= 4 is 25.7 Å². The minimum atomic E-state index is -4.80. The first-order valence-corrected chi connectivity index (χ1v) is 31.5. The maximum absolute atomic E-state index is 12.9. The zero-order valence-corrected chi connectivity index (χ0v) is 50.4. The summed E-state index contributed by atoms with van der Waals surface area (Å²) in [6.07, 6.45) is 80.4. The van der Waals surface area contributed by atoms with Crippen LogP contribution in [0, 0.1) is 0 Å². The molecule has 0 aliphatic rings. The predicted octanol–water partition coefficient (Wildman–Crippen LogP) is 18.2. The summed E-state index contributed by atoms with van der Waals surface area (Å²) in [6.45, 7) is 4.12. The molecule has 0 amide bonds. The molecule has 0 saturated heterocycles. The van der Waals surface area contributed by atoms with Crippen molar-refractivity contribution in [2.75, 3.05) is 26.4 Å². The zero-order chi connectivity index (χ0) is 58.3. The molecule has 0 aromatic rings. The molecule has 0 heterocycles. The maximum Gasteiger partial charge on any atom is 0.472 e. The molecule has 0 aliphatic carbocycles. The first-order chi connectivity index (χ1) is 39.2. The molecule has 0 fully saturated rings. The topological polar surface area (TPSA) is 155 Å². The lowest BCUT2D eigenvalue weighted by Gasteiger charge is -2.21. The van der Waals surface area contributed by atoms with E-state index >= 15 is 0 Å². The van der Waals surface area contributed by atoms with Crippen molar-refractivity contribution in [3.63, 3.8) is 0 Å². The smallest absolute Gasteiger partial charge is 0.462 e. The number of phosphoric ester groups is 1. The van der Waals surface area contributed by atoms with E-state index in [2.05, 4.69) is 167 Å². The summed E-state index contributed by atoms with van der Waals surface area (Å²) >= 11 is 0. The normalized spacial score (nSPS) is 14.5. The monoisotopic (exact) mass is 1130 g/mol. The molecular weight excluding hydrogens is 1020 g/mol. The number of carbonyl (C=O) groups is 3. The van der Waals surface area contributed by atoms with Crippen LogP contribution in [0.4, 0.5) is 0 Å². The van der Waals surface area contributed by atoms with Gasteiger partial charge in [-0.3, -0.25) is 23.4 Å². The van der Waals surface area contributed by atoms with E-state index in [4.69, 9.17) is 23.3 Å². The molecule has 12 heteroatoms. The quantitative estimate of drug-likeness (QED) is 0.0197. The highest BCUT2D eigenvalue weighted by atomic mass is 31.2. The van der Waals surface area contributed by atoms with Crippen molar-refractivity contribution in [2.24, 2.45) is 0 Å². The van der Waals surface area contributed by atoms with Crippen LogP contribution in [0.2, 0.25) is 0 Å². The van der Waals surface area contributed by atoms with Crippen LogP contribution in [0.15, 0.2) is 170 Å². The number of aliphatic hydroxyl groups is 1. The van der Waals surface area contributed by atoms with Crippen molar-refractivity contribution in [3.8, 4) is 0 Å². The highest BCUT2D eigenvalue weighted by Gasteiger charge is 2.28. The van der Waals surface area contributed by atoms with Gasteiger partial charge in [-0.15, -0.1) is 0 Å². The van der Waals surface area contributed by atoms with Crippen LogP contribution in [-0.2, 0) is 42.2 Å². The summed E-state index contributed by atoms with van der Waals surface area (Å²) < 4.78 is 39.4. The van der Waals surface area contributed by atoms with Gasteiger partial charge in [0.25, 0.3) is 0 Å². The van der Waals surface area contributed by atoms with E-state index in [1.54, 1.807) is 0 Å². The molecular formula is C68H105O11P. The number of rotatable bonds is 53. The van der Waals surface area contributed by atoms with E-state index in [0.717, 1.165) is 128 Å². The highest BCUT2D eigenvalue weighted by Crippen LogP contribution is 2.43. The van der Waals surface area contributed by atoms with Crippen molar-refractivity contribution in [1.82, 2.24) is 0 Å². The summed E-state index contributed by atoms with van der Waals surface area (Å²) in [5.74, 6) is -1.67. The molecule has 0 radical (unpaired) electrons. The van der Waals surface area contributed by atoms with Gasteiger partial charge < -0.3 is 24.2 Å². The lowest BCUT2D eigenvalue weighted by atomic mass is 10.1. The second kappa shape index (κ2) is 59.9. The molecule has 0 bridgehead atoms. The summed E-state index contributed by atoms with van der Waals surface area (Å²) in [6, 6.07) is 0. The summed E-state index contributed by atoms with van der Waals surface area (Å²) in [5, 5.41) is 9.84. The number of aliphatic hydroxyl groups excluding tert-OH is 1. The molecule has 2 N–H and O–H groups in total. The van der Waals surface area contributed by atoms with Gasteiger partial charge in [0.2, 0.25) is 0 Å². The molecule has 0 rings (SSSR count). The van der Waals surface area contributed by atoms with Crippen molar-refractivity contribution < 1.29 is 52.2 Å². The fourth-order valence-electron chi connectivity index (χ4n) is 7.20. The largest absolute Gasteiger partial charge is 0.472 e. The highest BCUT2D eigenvalue weighted by molar-refractivity contribution is 7.47. The van der Waals surface area contributed by atoms with Crippen LogP contribution >= 0.6 is 7.82 Å². The third kappa shape index (κ3) is 57.5. The summed E-state index contributed by atoms with van der Waals surface area (Å²) in [7, 11) is -4.80. The lowest BCUT2D eigenvalue weighted by molar-refractivity contribution is -0.161. The van der Waals surface area contributed by atoms with Gasteiger partial charge >= 0.3 is 25.7 Å². The van der Waals surface area contributed by atoms with E-state index in [0.29, 0.717) is 25.7 Å². The van der Waals surface area contributed by atoms with Gasteiger partial charge in [-0.2, -0.15) is 0 Å². The van der Waals surface area contributed by atoms with Crippen molar-refractivity contribution in [3.05, 3.63) is 170 Å². The molecule has 3 atom stereocenters. The summed E-state index contributed by atoms with van der Waals surface area (Å²) in [5.41, 5.74) is 0. The van der Waals surface area contributed by atoms with Crippen LogP contribution in [0.3, 0.4) is 0 Å². The van der Waals surface area contributed by atoms with Crippen LogP contribution in [0.25, 0.3) is 0 Å². The third-order valence-corrected chi connectivity index (χ3v) is 12.6. The first-order valence-electron chi connectivity index (χ1n) is 30.0. The molecule has 3 unspecified atom stereocenters. The molecule has 0 aromatic heterocycles. The average Bonchev–Trinajstić information content (AvgIpc) is 3.45. The molecule has 80 heavy (non-hydrogen) atoms. The minimum Gasteiger partial charge on any atom is -0.462 e. The van der Waals surface area contributed by atoms with Gasteiger partial charge in [-0.1, -0.05) is 223 Å². The molecule has 0 spiro atoms. The van der Waals surface area contributed by atoms with Gasteiger partial charge in [-0.05, 0) is 128 Å². The number of phosphoric acid groups is 1. The third-order valence-electron chi connectivity index (χ3n) is 11.6. The van der Waals surface area contributed by atoms with Crippen LogP contribution in [-0.4, -0.2) is 66.5 Å². The van der Waals surface area contributed by atoms with Gasteiger partial charge in [0, 0.05) is 19.3 Å². The maximum atomic E-state index is 12.9. The minimum absolute atomic E-state index is 0.0625. The fraction of sp³-hybridized carbons (Fsp3) is 0.544. The Hall–Kier alpha value is -5.16. The second-order valence-electron chi connectivity index (χ2n) is 19.0. The van der Waals surface area contributed by atoms with Gasteiger partial charge in [0.15, 0.2) is 6.10 Å². The zero-order valence-electron chi connectivity index (χ0n) is 49.5. The van der Waals surface area contributed by atoms with E-state index < -0.39 is 64.4 Å². The Kier molecular flexibility index (Phi) is 56.1. The number of hydrogen-bond acceptors (Lipinski definition) is 10. The first kappa shape index (κ1) is 74.8. The second-order valence-corrected chi connectivity index (χ2v) is 20.5. The van der Waals surface area contributed by atoms with Crippen molar-refractivity contribution in [2.45, 2.75) is 213 Å². The van der Waals surface area contributed by atoms with Gasteiger partial charge in [0.1, 0.15) is 12.7 Å². The Balaban J connectivity index is 4.92. The predicted molar refractivity (Wildman–Crippen MR) is 334 cm³/mol. The van der Waals surface area contributed by atoms with Crippen molar-refractivity contribution in [1.29, 1.82) is 0 Å². The van der Waals surface area contributed by atoms with Gasteiger partial charge in [-0.25, -0.2) is 4.57 Å². The van der Waals surface area contributed by atoms with E-state index in [1.807, 2.05) is 24.3 Å². The number of carbonyl (C=O) groups excluding carboxylic acids is 3. The SMILES string of the molecule is CC/C=C\C/C=C\C/C=C\C/C=C\C/C=C\C/C=C\CCC(=O)OCC(COP(=O)(O)OCC(CO)OC(=O)CCCCCCCCC/C=C\C/C=C\C/C=C\CC)OC(=O)CCC/C=C\C/C=C\C/C=C\C/C=C\C/C=C\CC. The van der Waals surface area contributed by atoms with E-state index in [1.165, 1.54) is 6.42 Å². The van der Waals surface area contributed by atoms with Crippen LogP contribution in [0.5, 0.6) is 0 Å². The number of allylic oxidation sites excluding steroid dienone is 28. The van der Waals surface area contributed by atoms with Crippen LogP contribution < -0.4 is 0 Å². The molecule has 0 saturated carbocycles. The number of unbranched alkanes of at least 4 members (excludes halogenated alkanes) is 8. The van der Waals surface area contributed by atoms with Crippen LogP contribution in [0.1, 0.15) is 201 Å². The average molecular weight is 1130 g/mol. The molecule has 0 aliphatic heterocycles. The molecule has 0 aromatic carbocycles. The van der Waals surface area contributed by atoms with E-state index in [-0.39, 0.29) is 19.3 Å². The Labute approximate surface area is 485 Å². The van der Waals surface area contributed by atoms with E-state index in [9.17, 15) is 28.9 Å². The lowest BCUT2D eigenvalue weighted by Crippen LogP contribution is -2.30. The Morgan fingerprint density at radius 1 is 0.350 bits per heavy atom. The Bertz CT molecular complexity index is 1990. The van der Waals surface area contributed by atoms with Gasteiger partial charge in [0.05, 0.1) is 19.8 Å². The number of esters is 3. The standard InChI is InChI=1S/C68H105O11P/c1-4-7-10-13-16-19-22-25-28-31-32-35-36-39-42-45-48-51-54-57-66(70)75-61-65(79-68(72)59-56-53-50-47-44-41-38-34-30-27-24-21-18-15-12-9-6-3)63-77-80(73,74)76-62-64(60-69)78-67(71)58-55-52-49-46-43-40-37-33-29-26-23-20-17-14-11-8-5-2/h7-12,16-21,25-30,32,35,38-39,41-42,47-48,50-51,64-65,69H,4-6,13-15,22-24,31,33-34,36-37,40,43-46,49,52-63H2,1-3H3,(H,73,74)/b10-7-,11-8-,12-9-,19-16-,20-17-,21-18-,28-25-,29-26-,30-27-,35-32-,41-38-,42-39-,50-47-,51-48-. The Morgan fingerprint density at radius 3 is 1.04 bits per heavy atom. The number of ether oxygens (including phenoxy) is 3. The number of hydrogen-bond donors (Lipinski definition) is 2. The summed E-state index contributed by atoms with van der Waals surface area (Å²) in [4.78, 5) is 48.6. The molecule has 11 nitrogen and oxygen atoms in total. The Morgan fingerprint density at radius 2 is 0.650 bits per heavy atom. The molecule has 448 valence electrons. The fourth-order valence-corrected chi connectivity index (χ4v) is 7.98.